The van der Waals surface area contributed by atoms with E-state index in [1.54, 1.807) is 4.80 Å². The van der Waals surface area contributed by atoms with Crippen LogP contribution in [-0.2, 0) is 6.42 Å². The number of hydrogen-bond acceptors (Lipinski definition) is 4. The molecule has 0 bridgehead atoms. The molecule has 2 fully saturated rings. The van der Waals surface area contributed by atoms with Crippen molar-refractivity contribution in [2.45, 2.75) is 76.3 Å². The van der Waals surface area contributed by atoms with Crippen molar-refractivity contribution >= 4 is 5.91 Å². The van der Waals surface area contributed by atoms with E-state index in [0.29, 0.717) is 11.4 Å². The molecule has 1 saturated heterocycles. The smallest absolute Gasteiger partial charge is 0.273 e. The van der Waals surface area contributed by atoms with E-state index in [1.807, 2.05) is 37.3 Å². The van der Waals surface area contributed by atoms with Gasteiger partial charge in [0.05, 0.1) is 11.4 Å². The molecule has 1 saturated carbocycles. The molecule has 184 valence electrons. The number of para-hydroxylation sites is 1. The van der Waals surface area contributed by atoms with Crippen LogP contribution in [0.3, 0.4) is 0 Å². The summed E-state index contributed by atoms with van der Waals surface area (Å²) in [5, 5.41) is 12.3. The molecule has 1 aliphatic carbocycles. The number of amides is 1. The molecule has 5 rings (SSSR count). The molecule has 6 nitrogen and oxygen atoms in total. The van der Waals surface area contributed by atoms with Gasteiger partial charge < -0.3 is 5.32 Å². The molecule has 3 aromatic rings. The number of likely N-dealkylation sites (tertiary alicyclic amines) is 1. The van der Waals surface area contributed by atoms with Crippen molar-refractivity contribution in [3.63, 3.8) is 0 Å². The van der Waals surface area contributed by atoms with Crippen LogP contribution < -0.4 is 5.32 Å². The zero-order valence-electron chi connectivity index (χ0n) is 20.8. The van der Waals surface area contributed by atoms with Crippen LogP contribution in [0.2, 0.25) is 0 Å². The molecule has 6 heteroatoms. The summed E-state index contributed by atoms with van der Waals surface area (Å²) < 4.78 is 0. The maximum Gasteiger partial charge on any atom is 0.273 e. The highest BCUT2D eigenvalue weighted by Crippen LogP contribution is 2.38. The maximum atomic E-state index is 13.1. The van der Waals surface area contributed by atoms with Crippen LogP contribution in [0.1, 0.15) is 73.1 Å². The van der Waals surface area contributed by atoms with Crippen LogP contribution in [0.4, 0.5) is 0 Å². The highest BCUT2D eigenvalue weighted by Gasteiger charge is 2.40. The average molecular weight is 472 g/mol. The Kier molecular flexibility index (Phi) is 7.28. The van der Waals surface area contributed by atoms with Gasteiger partial charge in [-0.25, -0.2) is 0 Å². The van der Waals surface area contributed by atoms with Gasteiger partial charge in [0.1, 0.15) is 0 Å². The number of aromatic nitrogens is 3. The Morgan fingerprint density at radius 3 is 2.20 bits per heavy atom. The summed E-state index contributed by atoms with van der Waals surface area (Å²) in [4.78, 5) is 17.5. The number of carbonyl (C=O) groups is 1. The first kappa shape index (κ1) is 23.7. The summed E-state index contributed by atoms with van der Waals surface area (Å²) in [5.74, 6) is -0.111. The van der Waals surface area contributed by atoms with Crippen molar-refractivity contribution < 1.29 is 4.79 Å². The third-order valence-corrected chi connectivity index (χ3v) is 7.89. The van der Waals surface area contributed by atoms with Gasteiger partial charge in [-0.2, -0.15) is 9.90 Å². The Morgan fingerprint density at radius 2 is 1.54 bits per heavy atom. The minimum Gasteiger partial charge on any atom is -0.348 e. The topological polar surface area (TPSA) is 63.1 Å². The van der Waals surface area contributed by atoms with E-state index >= 15 is 0 Å². The molecule has 35 heavy (non-hydrogen) atoms. The summed E-state index contributed by atoms with van der Waals surface area (Å²) in [6.45, 7) is 4.25. The summed E-state index contributed by atoms with van der Waals surface area (Å²) in [6.07, 6.45) is 10.6. The predicted molar refractivity (Wildman–Crippen MR) is 139 cm³/mol. The number of nitrogens with zero attached hydrogens (tertiary/aromatic N) is 4. The summed E-state index contributed by atoms with van der Waals surface area (Å²) >= 11 is 0. The van der Waals surface area contributed by atoms with E-state index in [9.17, 15) is 4.79 Å². The van der Waals surface area contributed by atoms with Crippen molar-refractivity contribution in [3.8, 4) is 5.69 Å². The minimum absolute atomic E-state index is 0.111. The summed E-state index contributed by atoms with van der Waals surface area (Å²) in [7, 11) is 0. The van der Waals surface area contributed by atoms with Crippen LogP contribution in [-0.4, -0.2) is 50.5 Å². The molecule has 1 N–H and O–H groups in total. The Hall–Kier alpha value is -2.99. The van der Waals surface area contributed by atoms with Crippen molar-refractivity contribution in [1.82, 2.24) is 25.2 Å². The van der Waals surface area contributed by atoms with Crippen LogP contribution in [0, 0.1) is 6.92 Å². The van der Waals surface area contributed by atoms with Crippen molar-refractivity contribution in [1.29, 1.82) is 0 Å². The third-order valence-electron chi connectivity index (χ3n) is 7.89. The highest BCUT2D eigenvalue weighted by molar-refractivity contribution is 5.93. The van der Waals surface area contributed by atoms with Gasteiger partial charge >= 0.3 is 0 Å². The van der Waals surface area contributed by atoms with Gasteiger partial charge in [-0.15, -0.1) is 5.10 Å². The lowest BCUT2D eigenvalue weighted by Gasteiger charge is -2.48. The second-order valence-corrected chi connectivity index (χ2v) is 10.3. The van der Waals surface area contributed by atoms with Crippen molar-refractivity contribution in [2.75, 3.05) is 13.1 Å². The summed E-state index contributed by atoms with van der Waals surface area (Å²) in [5.41, 5.74) is 3.55. The van der Waals surface area contributed by atoms with Gasteiger partial charge in [0, 0.05) is 11.6 Å². The number of benzene rings is 2. The minimum atomic E-state index is -0.111. The average Bonchev–Trinajstić information content (AvgIpc) is 3.09. The zero-order valence-corrected chi connectivity index (χ0v) is 20.8. The molecule has 0 unspecified atom stereocenters. The van der Waals surface area contributed by atoms with Gasteiger partial charge in [-0.05, 0) is 82.7 Å². The Balaban J connectivity index is 1.27. The lowest BCUT2D eigenvalue weighted by molar-refractivity contribution is 0.0428. The number of nitrogens with one attached hydrogen (secondary N) is 1. The largest absolute Gasteiger partial charge is 0.348 e. The van der Waals surface area contributed by atoms with Crippen LogP contribution >= 0.6 is 0 Å². The molecule has 0 atom stereocenters. The van der Waals surface area contributed by atoms with Gasteiger partial charge in [-0.3, -0.25) is 9.69 Å². The number of aryl methyl sites for hydroxylation is 1. The quantitative estimate of drug-likeness (QED) is 0.543. The van der Waals surface area contributed by atoms with Crippen molar-refractivity contribution in [3.05, 3.63) is 77.6 Å². The van der Waals surface area contributed by atoms with E-state index < -0.39 is 0 Å². The Labute approximate surface area is 208 Å². The molecule has 2 heterocycles. The van der Waals surface area contributed by atoms with Crippen LogP contribution in [0.25, 0.3) is 5.69 Å². The molecular weight excluding hydrogens is 434 g/mol. The van der Waals surface area contributed by atoms with Gasteiger partial charge in [0.2, 0.25) is 0 Å². The highest BCUT2D eigenvalue weighted by atomic mass is 16.2. The molecule has 1 aromatic heterocycles. The molecule has 2 aliphatic rings. The predicted octanol–water partition coefficient (Wildman–Crippen LogP) is 5.11. The fraction of sp³-hybridized carbons (Fsp3) is 0.483. The molecule has 2 aromatic carbocycles. The maximum absolute atomic E-state index is 13.1. The normalized spacial score (nSPS) is 23.5. The first-order chi connectivity index (χ1) is 17.1. The fourth-order valence-corrected chi connectivity index (χ4v) is 5.94. The molecule has 1 amide bonds. The second-order valence-electron chi connectivity index (χ2n) is 10.3. The van der Waals surface area contributed by atoms with E-state index in [2.05, 4.69) is 50.7 Å². The molecular formula is C29H37N5O. The lowest BCUT2D eigenvalue weighted by Crippen LogP contribution is -2.55. The number of rotatable bonds is 6. The summed E-state index contributed by atoms with van der Waals surface area (Å²) in [6, 6.07) is 20.9. The second kappa shape index (κ2) is 10.7. The van der Waals surface area contributed by atoms with Crippen LogP contribution in [0.15, 0.2) is 60.7 Å². The Morgan fingerprint density at radius 1 is 0.914 bits per heavy atom. The van der Waals surface area contributed by atoms with Gasteiger partial charge in [0.25, 0.3) is 5.91 Å². The lowest BCUT2D eigenvalue weighted by atomic mass is 9.74. The standard InChI is InChI=1S/C29H37N5O/c1-23-27(32-34(31-23)26-14-8-5-9-15-26)28(35)30-25-16-18-29(19-17-25,22-24-12-6-4-7-13-24)33-20-10-2-3-11-21-33/h4-9,12-15,25H,2-3,10-11,16-22H2,1H3,(H,30,35). The Bertz CT molecular complexity index is 1090. The van der Waals surface area contributed by atoms with Gasteiger partial charge in [0.15, 0.2) is 5.69 Å². The van der Waals surface area contributed by atoms with E-state index in [4.69, 9.17) is 0 Å². The van der Waals surface area contributed by atoms with E-state index in [-0.39, 0.29) is 17.5 Å². The number of hydrogen-bond donors (Lipinski definition) is 1. The third kappa shape index (κ3) is 5.48. The van der Waals surface area contributed by atoms with Crippen LogP contribution in [0.5, 0.6) is 0 Å². The molecule has 0 radical (unpaired) electrons. The first-order valence-electron chi connectivity index (χ1n) is 13.2. The monoisotopic (exact) mass is 471 g/mol. The molecule has 0 spiro atoms. The first-order valence-corrected chi connectivity index (χ1v) is 13.2. The van der Waals surface area contributed by atoms with Gasteiger partial charge in [-0.1, -0.05) is 61.4 Å². The number of carbonyl (C=O) groups excluding carboxylic acids is 1. The van der Waals surface area contributed by atoms with E-state index in [1.165, 1.54) is 44.3 Å². The fourth-order valence-electron chi connectivity index (χ4n) is 5.94. The molecule has 1 aliphatic heterocycles. The van der Waals surface area contributed by atoms with E-state index in [0.717, 1.165) is 37.8 Å². The zero-order chi connectivity index (χ0) is 24.1. The van der Waals surface area contributed by atoms with Crippen molar-refractivity contribution in [2.24, 2.45) is 0 Å². The SMILES string of the molecule is Cc1nn(-c2ccccc2)nc1C(=O)NC1CCC(Cc2ccccc2)(N2CCCCCC2)CC1.